The first kappa shape index (κ1) is 15.5. The van der Waals surface area contributed by atoms with E-state index in [1.54, 1.807) is 0 Å². The normalized spacial score (nSPS) is 10.8. The van der Waals surface area contributed by atoms with Crippen molar-refractivity contribution < 1.29 is 4.79 Å². The minimum Gasteiger partial charge on any atom is -0.321 e. The van der Waals surface area contributed by atoms with Crippen LogP contribution in [-0.4, -0.2) is 15.5 Å². The molecule has 4 rings (SSSR count). The van der Waals surface area contributed by atoms with Gasteiger partial charge in [0.05, 0.1) is 0 Å². The Balaban J connectivity index is 1.68. The van der Waals surface area contributed by atoms with Gasteiger partial charge in [-0.05, 0) is 29.9 Å². The van der Waals surface area contributed by atoms with Gasteiger partial charge in [-0.3, -0.25) is 4.79 Å². The summed E-state index contributed by atoms with van der Waals surface area (Å²) in [6.07, 6.45) is 0. The molecule has 0 atom stereocenters. The second-order valence-corrected chi connectivity index (χ2v) is 6.55. The molecule has 0 aliphatic rings. The van der Waals surface area contributed by atoms with Crippen LogP contribution in [0, 0.1) is 6.92 Å². The molecule has 0 bridgehead atoms. The topological polar surface area (TPSA) is 54.9 Å². The first-order valence-corrected chi connectivity index (χ1v) is 8.68. The molecular formula is C20H15N3OS. The first-order valence-electron chi connectivity index (χ1n) is 7.91. The molecule has 0 unspecified atom stereocenters. The summed E-state index contributed by atoms with van der Waals surface area (Å²) >= 11 is 1.11. The van der Waals surface area contributed by atoms with Crippen molar-refractivity contribution >= 4 is 33.9 Å². The van der Waals surface area contributed by atoms with Crippen LogP contribution in [0.25, 0.3) is 22.0 Å². The highest BCUT2D eigenvalue weighted by atomic mass is 32.1. The van der Waals surface area contributed by atoms with Crippen LogP contribution in [0.5, 0.6) is 0 Å². The number of anilines is 1. The average molecular weight is 345 g/mol. The summed E-state index contributed by atoms with van der Waals surface area (Å²) in [6.45, 7) is 2.03. The van der Waals surface area contributed by atoms with Crippen molar-refractivity contribution in [2.24, 2.45) is 0 Å². The Labute approximate surface area is 149 Å². The largest absolute Gasteiger partial charge is 0.321 e. The van der Waals surface area contributed by atoms with Crippen LogP contribution >= 0.6 is 11.5 Å². The van der Waals surface area contributed by atoms with E-state index in [0.29, 0.717) is 10.6 Å². The second-order valence-electron chi connectivity index (χ2n) is 5.80. The van der Waals surface area contributed by atoms with Crippen LogP contribution in [0.4, 0.5) is 5.69 Å². The summed E-state index contributed by atoms with van der Waals surface area (Å²) in [5, 5.41) is 9.24. The number of carbonyl (C=O) groups excluding carboxylic acids is 1. The summed E-state index contributed by atoms with van der Waals surface area (Å²) < 4.78 is 3.98. The van der Waals surface area contributed by atoms with Gasteiger partial charge in [0.25, 0.3) is 5.91 Å². The monoisotopic (exact) mass is 345 g/mol. The molecule has 0 radical (unpaired) electrons. The van der Waals surface area contributed by atoms with Gasteiger partial charge in [-0.25, -0.2) is 0 Å². The minimum atomic E-state index is -0.193. The lowest BCUT2D eigenvalue weighted by atomic mass is 10.1. The number of carbonyl (C=O) groups is 1. The lowest BCUT2D eigenvalue weighted by Gasteiger charge is -2.08. The van der Waals surface area contributed by atoms with Crippen molar-refractivity contribution in [1.29, 1.82) is 0 Å². The number of aromatic nitrogens is 2. The van der Waals surface area contributed by atoms with Crippen LogP contribution in [0.2, 0.25) is 0 Å². The molecule has 5 heteroatoms. The van der Waals surface area contributed by atoms with E-state index in [9.17, 15) is 4.79 Å². The van der Waals surface area contributed by atoms with Gasteiger partial charge in [0.2, 0.25) is 0 Å². The van der Waals surface area contributed by atoms with Crippen LogP contribution in [0.3, 0.4) is 0 Å². The van der Waals surface area contributed by atoms with Crippen molar-refractivity contribution in [2.45, 2.75) is 6.92 Å². The predicted octanol–water partition coefficient (Wildman–Crippen LogP) is 4.92. The Morgan fingerprint density at radius 3 is 2.56 bits per heavy atom. The molecular weight excluding hydrogens is 330 g/mol. The van der Waals surface area contributed by atoms with Crippen LogP contribution in [0.15, 0.2) is 66.7 Å². The standard InChI is InChI=1S/C20H15N3OS/c1-13-9-11-15(12-10-13)18-19(25-23-22-18)20(24)21-17-8-4-6-14-5-2-3-7-16(14)17/h2-12H,1H3,(H,21,24). The number of benzene rings is 3. The fourth-order valence-electron chi connectivity index (χ4n) is 2.75. The number of nitrogens with zero attached hydrogens (tertiary/aromatic N) is 2. The van der Waals surface area contributed by atoms with E-state index < -0.39 is 0 Å². The molecule has 1 N–H and O–H groups in total. The Kier molecular flexibility index (Phi) is 3.99. The van der Waals surface area contributed by atoms with Crippen LogP contribution in [-0.2, 0) is 0 Å². The van der Waals surface area contributed by atoms with Gasteiger partial charge in [0.1, 0.15) is 10.6 Å². The maximum absolute atomic E-state index is 12.8. The Hall–Kier alpha value is -3.05. The van der Waals surface area contributed by atoms with Gasteiger partial charge in [0, 0.05) is 16.6 Å². The molecule has 0 aliphatic heterocycles. The molecule has 1 aromatic heterocycles. The average Bonchev–Trinajstić information content (AvgIpc) is 3.12. The van der Waals surface area contributed by atoms with Gasteiger partial charge in [-0.15, -0.1) is 5.10 Å². The van der Waals surface area contributed by atoms with Crippen LogP contribution in [0.1, 0.15) is 15.2 Å². The number of fused-ring (bicyclic) bond motifs is 1. The summed E-state index contributed by atoms with van der Waals surface area (Å²) in [6, 6.07) is 21.7. The van der Waals surface area contributed by atoms with Crippen molar-refractivity contribution in [3.8, 4) is 11.3 Å². The minimum absolute atomic E-state index is 0.193. The number of nitrogens with one attached hydrogen (secondary N) is 1. The number of aryl methyl sites for hydroxylation is 1. The van der Waals surface area contributed by atoms with Gasteiger partial charge in [-0.2, -0.15) is 0 Å². The summed E-state index contributed by atoms with van der Waals surface area (Å²) in [5.74, 6) is -0.193. The Morgan fingerprint density at radius 1 is 0.960 bits per heavy atom. The van der Waals surface area contributed by atoms with E-state index in [1.165, 1.54) is 0 Å². The van der Waals surface area contributed by atoms with Crippen LogP contribution < -0.4 is 5.32 Å². The quantitative estimate of drug-likeness (QED) is 0.573. The maximum Gasteiger partial charge on any atom is 0.269 e. The second kappa shape index (κ2) is 6.45. The summed E-state index contributed by atoms with van der Waals surface area (Å²) in [7, 11) is 0. The molecule has 25 heavy (non-hydrogen) atoms. The Morgan fingerprint density at radius 2 is 1.72 bits per heavy atom. The highest BCUT2D eigenvalue weighted by Gasteiger charge is 2.18. The molecule has 0 fully saturated rings. The lowest BCUT2D eigenvalue weighted by molar-refractivity contribution is 0.103. The lowest BCUT2D eigenvalue weighted by Crippen LogP contribution is -2.11. The van der Waals surface area contributed by atoms with Gasteiger partial charge < -0.3 is 5.32 Å². The third-order valence-electron chi connectivity index (χ3n) is 4.06. The molecule has 4 aromatic rings. The molecule has 0 saturated carbocycles. The molecule has 0 aliphatic carbocycles. The van der Waals surface area contributed by atoms with E-state index in [2.05, 4.69) is 14.9 Å². The van der Waals surface area contributed by atoms with E-state index >= 15 is 0 Å². The number of hydrogen-bond donors (Lipinski definition) is 1. The molecule has 3 aromatic carbocycles. The molecule has 122 valence electrons. The summed E-state index contributed by atoms with van der Waals surface area (Å²) in [4.78, 5) is 13.3. The zero-order valence-corrected chi connectivity index (χ0v) is 14.4. The third-order valence-corrected chi connectivity index (χ3v) is 4.78. The van der Waals surface area contributed by atoms with Crippen molar-refractivity contribution in [2.75, 3.05) is 5.32 Å². The first-order chi connectivity index (χ1) is 12.2. The number of amides is 1. The fraction of sp³-hybridized carbons (Fsp3) is 0.0500. The van der Waals surface area contributed by atoms with Gasteiger partial charge in [0.15, 0.2) is 0 Å². The smallest absolute Gasteiger partial charge is 0.269 e. The van der Waals surface area contributed by atoms with Gasteiger partial charge >= 0.3 is 0 Å². The SMILES string of the molecule is Cc1ccc(-c2nnsc2C(=O)Nc2cccc3ccccc23)cc1. The zero-order chi connectivity index (χ0) is 17.2. The highest BCUT2D eigenvalue weighted by molar-refractivity contribution is 7.08. The maximum atomic E-state index is 12.8. The van der Waals surface area contributed by atoms with Crippen molar-refractivity contribution in [3.05, 3.63) is 77.2 Å². The van der Waals surface area contributed by atoms with E-state index in [-0.39, 0.29) is 5.91 Å². The Bertz CT molecular complexity index is 1050. The molecule has 1 amide bonds. The van der Waals surface area contributed by atoms with E-state index in [0.717, 1.165) is 39.1 Å². The van der Waals surface area contributed by atoms with E-state index in [4.69, 9.17) is 0 Å². The molecule has 1 heterocycles. The zero-order valence-electron chi connectivity index (χ0n) is 13.6. The molecule has 0 saturated heterocycles. The molecule has 4 nitrogen and oxygen atoms in total. The number of rotatable bonds is 3. The van der Waals surface area contributed by atoms with Crippen molar-refractivity contribution in [3.63, 3.8) is 0 Å². The summed E-state index contributed by atoms with van der Waals surface area (Å²) in [5.41, 5.74) is 3.45. The highest BCUT2D eigenvalue weighted by Crippen LogP contribution is 2.27. The third kappa shape index (κ3) is 3.02. The van der Waals surface area contributed by atoms with E-state index in [1.807, 2.05) is 73.7 Å². The molecule has 0 spiro atoms. The van der Waals surface area contributed by atoms with Crippen molar-refractivity contribution in [1.82, 2.24) is 9.59 Å². The predicted molar refractivity (Wildman–Crippen MR) is 102 cm³/mol. The van der Waals surface area contributed by atoms with Gasteiger partial charge in [-0.1, -0.05) is 70.7 Å². The fourth-order valence-corrected chi connectivity index (χ4v) is 3.34. The number of hydrogen-bond acceptors (Lipinski definition) is 4.